The first-order valence-electron chi connectivity index (χ1n) is 9.09. The highest BCUT2D eigenvalue weighted by Gasteiger charge is 2.23. The van der Waals surface area contributed by atoms with Crippen molar-refractivity contribution in [1.29, 1.82) is 0 Å². The molecule has 1 N–H and O–H groups in total. The van der Waals surface area contributed by atoms with Crippen molar-refractivity contribution in [2.45, 2.75) is 38.0 Å². The molecular formula is C19H27N3O2. The first-order valence-corrected chi connectivity index (χ1v) is 9.09. The summed E-state index contributed by atoms with van der Waals surface area (Å²) in [5.74, 6) is 0.563. The van der Waals surface area contributed by atoms with Crippen LogP contribution in [-0.4, -0.2) is 54.5 Å². The molecule has 2 aliphatic heterocycles. The van der Waals surface area contributed by atoms with Gasteiger partial charge in [-0.15, -0.1) is 0 Å². The Bertz CT molecular complexity index is 555. The first kappa shape index (κ1) is 16.8. The van der Waals surface area contributed by atoms with Crippen LogP contribution in [0.1, 0.15) is 43.6 Å². The van der Waals surface area contributed by atoms with Crippen LogP contribution in [0.4, 0.5) is 4.79 Å². The van der Waals surface area contributed by atoms with Gasteiger partial charge in [-0.05, 0) is 43.6 Å². The number of benzene rings is 1. The van der Waals surface area contributed by atoms with Crippen molar-refractivity contribution in [2.24, 2.45) is 0 Å². The zero-order chi connectivity index (χ0) is 16.8. The van der Waals surface area contributed by atoms with Gasteiger partial charge < -0.3 is 15.1 Å². The molecule has 2 fully saturated rings. The van der Waals surface area contributed by atoms with E-state index in [0.717, 1.165) is 58.3 Å². The lowest BCUT2D eigenvalue weighted by Crippen LogP contribution is -2.45. The fourth-order valence-corrected chi connectivity index (χ4v) is 3.70. The minimum Gasteiger partial charge on any atom is -0.341 e. The quantitative estimate of drug-likeness (QED) is 0.927. The number of nitrogens with one attached hydrogen (secondary N) is 1. The molecule has 3 rings (SSSR count). The van der Waals surface area contributed by atoms with Gasteiger partial charge in [0.05, 0.1) is 6.54 Å². The van der Waals surface area contributed by atoms with Gasteiger partial charge in [0.2, 0.25) is 5.91 Å². The summed E-state index contributed by atoms with van der Waals surface area (Å²) in [6.07, 6.45) is 5.25. The van der Waals surface area contributed by atoms with Crippen LogP contribution in [0, 0.1) is 0 Å². The second kappa shape index (κ2) is 8.18. The lowest BCUT2D eigenvalue weighted by molar-refractivity contribution is -0.129. The minimum atomic E-state index is -0.101. The van der Waals surface area contributed by atoms with E-state index in [-0.39, 0.29) is 18.5 Å². The molecule has 0 bridgehead atoms. The number of hydrogen-bond donors (Lipinski definition) is 1. The zero-order valence-corrected chi connectivity index (χ0v) is 14.2. The van der Waals surface area contributed by atoms with Crippen LogP contribution in [0.15, 0.2) is 30.3 Å². The largest absolute Gasteiger partial charge is 0.341 e. The van der Waals surface area contributed by atoms with Crippen LogP contribution in [0.2, 0.25) is 0 Å². The Morgan fingerprint density at radius 1 is 0.917 bits per heavy atom. The smallest absolute Gasteiger partial charge is 0.317 e. The second-order valence-corrected chi connectivity index (χ2v) is 6.77. The van der Waals surface area contributed by atoms with Crippen LogP contribution in [0.3, 0.4) is 0 Å². The van der Waals surface area contributed by atoms with E-state index in [1.165, 1.54) is 5.56 Å². The summed E-state index contributed by atoms with van der Waals surface area (Å²) in [6.45, 7) is 3.31. The molecule has 1 aromatic carbocycles. The first-order chi connectivity index (χ1) is 11.7. The summed E-state index contributed by atoms with van der Waals surface area (Å²) < 4.78 is 0. The van der Waals surface area contributed by atoms with Gasteiger partial charge in [-0.2, -0.15) is 0 Å². The normalized spacial score (nSPS) is 21.4. The molecule has 1 atom stereocenters. The molecule has 0 saturated carbocycles. The number of carbonyl (C=O) groups excluding carboxylic acids is 2. The van der Waals surface area contributed by atoms with E-state index in [0.29, 0.717) is 5.92 Å². The average Bonchev–Trinajstić information content (AvgIpc) is 3.05. The second-order valence-electron chi connectivity index (χ2n) is 6.77. The molecule has 1 aromatic rings. The molecule has 0 radical (unpaired) electrons. The summed E-state index contributed by atoms with van der Waals surface area (Å²) in [5, 5.41) is 2.81. The monoisotopic (exact) mass is 329 g/mol. The van der Waals surface area contributed by atoms with Gasteiger partial charge in [0.15, 0.2) is 0 Å². The number of hydrogen-bond acceptors (Lipinski definition) is 2. The Hall–Kier alpha value is -2.04. The molecule has 2 heterocycles. The average molecular weight is 329 g/mol. The van der Waals surface area contributed by atoms with Gasteiger partial charge in [-0.1, -0.05) is 30.3 Å². The van der Waals surface area contributed by atoms with E-state index < -0.39 is 0 Å². The molecule has 1 unspecified atom stereocenters. The summed E-state index contributed by atoms with van der Waals surface area (Å²) in [4.78, 5) is 28.1. The highest BCUT2D eigenvalue weighted by molar-refractivity contribution is 5.84. The third-order valence-corrected chi connectivity index (χ3v) is 5.14. The number of amides is 3. The number of urea groups is 1. The molecule has 24 heavy (non-hydrogen) atoms. The van der Waals surface area contributed by atoms with Crippen molar-refractivity contribution in [3.05, 3.63) is 35.9 Å². The van der Waals surface area contributed by atoms with E-state index in [1.807, 2.05) is 15.9 Å². The fraction of sp³-hybridized carbons (Fsp3) is 0.579. The molecule has 0 spiro atoms. The molecule has 2 aliphatic rings. The molecule has 2 saturated heterocycles. The lowest BCUT2D eigenvalue weighted by atomic mass is 9.92. The van der Waals surface area contributed by atoms with Crippen molar-refractivity contribution in [3.8, 4) is 0 Å². The van der Waals surface area contributed by atoms with E-state index in [2.05, 4.69) is 29.6 Å². The fourth-order valence-electron chi connectivity index (χ4n) is 3.70. The number of rotatable bonds is 3. The number of carbonyl (C=O) groups is 2. The molecule has 5 heteroatoms. The minimum absolute atomic E-state index is 0.0397. The van der Waals surface area contributed by atoms with Crippen molar-refractivity contribution < 1.29 is 9.59 Å². The third-order valence-electron chi connectivity index (χ3n) is 5.14. The SMILES string of the molecule is O=C(CNC(=O)N1CCCC(c2ccccc2)CC1)N1CCCC1. The van der Waals surface area contributed by atoms with Crippen molar-refractivity contribution >= 4 is 11.9 Å². The van der Waals surface area contributed by atoms with Gasteiger partial charge in [-0.25, -0.2) is 4.79 Å². The van der Waals surface area contributed by atoms with Crippen LogP contribution in [0.25, 0.3) is 0 Å². The molecule has 3 amide bonds. The van der Waals surface area contributed by atoms with Crippen molar-refractivity contribution in [2.75, 3.05) is 32.7 Å². The Labute approximate surface area is 144 Å². The maximum atomic E-state index is 12.4. The van der Waals surface area contributed by atoms with E-state index >= 15 is 0 Å². The maximum Gasteiger partial charge on any atom is 0.317 e. The lowest BCUT2D eigenvalue weighted by Gasteiger charge is -2.22. The summed E-state index contributed by atoms with van der Waals surface area (Å²) in [7, 11) is 0. The third kappa shape index (κ3) is 4.28. The molecular weight excluding hydrogens is 302 g/mol. The van der Waals surface area contributed by atoms with Crippen LogP contribution >= 0.6 is 0 Å². The van der Waals surface area contributed by atoms with Crippen molar-refractivity contribution in [3.63, 3.8) is 0 Å². The Morgan fingerprint density at radius 2 is 1.62 bits per heavy atom. The van der Waals surface area contributed by atoms with Gasteiger partial charge in [-0.3, -0.25) is 4.79 Å². The van der Waals surface area contributed by atoms with Gasteiger partial charge >= 0.3 is 6.03 Å². The summed E-state index contributed by atoms with van der Waals surface area (Å²) in [6, 6.07) is 10.4. The standard InChI is InChI=1S/C19H27N3O2/c23-18(21-11-4-5-12-21)15-20-19(24)22-13-6-9-17(10-14-22)16-7-2-1-3-8-16/h1-3,7-8,17H,4-6,9-15H2,(H,20,24). The van der Waals surface area contributed by atoms with Crippen molar-refractivity contribution in [1.82, 2.24) is 15.1 Å². The van der Waals surface area contributed by atoms with E-state index in [9.17, 15) is 9.59 Å². The predicted molar refractivity (Wildman–Crippen MR) is 93.8 cm³/mol. The summed E-state index contributed by atoms with van der Waals surface area (Å²) >= 11 is 0. The highest BCUT2D eigenvalue weighted by Crippen LogP contribution is 2.27. The molecule has 0 aromatic heterocycles. The van der Waals surface area contributed by atoms with Gasteiger partial charge in [0, 0.05) is 26.2 Å². The molecule has 130 valence electrons. The molecule has 5 nitrogen and oxygen atoms in total. The van der Waals surface area contributed by atoms with Gasteiger partial charge in [0.25, 0.3) is 0 Å². The molecule has 0 aliphatic carbocycles. The van der Waals surface area contributed by atoms with Gasteiger partial charge in [0.1, 0.15) is 0 Å². The van der Waals surface area contributed by atoms with E-state index in [4.69, 9.17) is 0 Å². The Kier molecular flexibility index (Phi) is 5.72. The van der Waals surface area contributed by atoms with Crippen LogP contribution < -0.4 is 5.32 Å². The van der Waals surface area contributed by atoms with Crippen LogP contribution in [0.5, 0.6) is 0 Å². The topological polar surface area (TPSA) is 52.7 Å². The number of nitrogens with zero attached hydrogens (tertiary/aromatic N) is 2. The van der Waals surface area contributed by atoms with Crippen LogP contribution in [-0.2, 0) is 4.79 Å². The Balaban J connectivity index is 1.46. The van der Waals surface area contributed by atoms with E-state index in [1.54, 1.807) is 0 Å². The zero-order valence-electron chi connectivity index (χ0n) is 14.2. The highest BCUT2D eigenvalue weighted by atomic mass is 16.2. The Morgan fingerprint density at radius 3 is 2.38 bits per heavy atom. The number of likely N-dealkylation sites (tertiary alicyclic amines) is 2. The summed E-state index contributed by atoms with van der Waals surface area (Å²) in [5.41, 5.74) is 1.36. The predicted octanol–water partition coefficient (Wildman–Crippen LogP) is 2.59. The maximum absolute atomic E-state index is 12.4.